The smallest absolute Gasteiger partial charge is 0.260 e. The van der Waals surface area contributed by atoms with E-state index in [1.165, 1.54) is 6.42 Å². The molecule has 0 spiro atoms. The van der Waals surface area contributed by atoms with Gasteiger partial charge in [-0.2, -0.15) is 0 Å². The number of amides is 1. The Kier molecular flexibility index (Phi) is 3.94. The second kappa shape index (κ2) is 6.03. The maximum atomic E-state index is 12.1. The number of aldehydes is 1. The number of hydrogen-bond acceptors (Lipinski definition) is 5. The van der Waals surface area contributed by atoms with Gasteiger partial charge in [0.2, 0.25) is 6.79 Å². The first-order valence-corrected chi connectivity index (χ1v) is 7.07. The molecule has 0 aliphatic carbocycles. The van der Waals surface area contributed by atoms with Crippen molar-refractivity contribution in [2.75, 3.05) is 26.5 Å². The highest BCUT2D eigenvalue weighted by Crippen LogP contribution is 2.37. The normalized spacial score (nSPS) is 16.7. The van der Waals surface area contributed by atoms with Gasteiger partial charge in [0, 0.05) is 19.2 Å². The van der Waals surface area contributed by atoms with Crippen molar-refractivity contribution in [3.05, 3.63) is 17.7 Å². The van der Waals surface area contributed by atoms with Crippen molar-refractivity contribution in [2.24, 2.45) is 0 Å². The number of nitrogens with zero attached hydrogens (tertiary/aromatic N) is 1. The van der Waals surface area contributed by atoms with Crippen LogP contribution in [0.4, 0.5) is 0 Å². The highest BCUT2D eigenvalue weighted by Gasteiger charge is 2.20. The van der Waals surface area contributed by atoms with Gasteiger partial charge in [0.05, 0.1) is 5.56 Å². The van der Waals surface area contributed by atoms with E-state index >= 15 is 0 Å². The highest BCUT2D eigenvalue weighted by molar-refractivity contribution is 5.82. The molecule has 1 amide bonds. The molecule has 2 heterocycles. The van der Waals surface area contributed by atoms with Crippen LogP contribution in [-0.2, 0) is 4.79 Å². The Hall–Kier alpha value is -2.24. The van der Waals surface area contributed by atoms with Crippen molar-refractivity contribution in [2.45, 2.75) is 19.3 Å². The van der Waals surface area contributed by atoms with Gasteiger partial charge in [-0.1, -0.05) is 0 Å². The molecule has 6 heteroatoms. The predicted molar refractivity (Wildman–Crippen MR) is 73.9 cm³/mol. The molecule has 1 aromatic rings. The van der Waals surface area contributed by atoms with Crippen LogP contribution < -0.4 is 14.2 Å². The molecule has 1 saturated heterocycles. The minimum Gasteiger partial charge on any atom is -0.483 e. The van der Waals surface area contributed by atoms with Crippen molar-refractivity contribution in [3.8, 4) is 17.2 Å². The molecule has 0 atom stereocenters. The Bertz CT molecular complexity index is 551. The molecule has 21 heavy (non-hydrogen) atoms. The summed E-state index contributed by atoms with van der Waals surface area (Å²) in [5, 5.41) is 0. The van der Waals surface area contributed by atoms with E-state index in [0.717, 1.165) is 25.9 Å². The second-order valence-corrected chi connectivity index (χ2v) is 5.09. The number of likely N-dealkylation sites (tertiary alicyclic amines) is 1. The summed E-state index contributed by atoms with van der Waals surface area (Å²) in [4.78, 5) is 25.0. The van der Waals surface area contributed by atoms with Crippen LogP contribution in [0.1, 0.15) is 29.6 Å². The summed E-state index contributed by atoms with van der Waals surface area (Å²) < 4.78 is 16.0. The monoisotopic (exact) mass is 291 g/mol. The van der Waals surface area contributed by atoms with E-state index in [4.69, 9.17) is 14.2 Å². The third kappa shape index (κ3) is 2.94. The zero-order valence-corrected chi connectivity index (χ0v) is 11.7. The third-order valence-electron chi connectivity index (χ3n) is 3.69. The number of hydrogen-bond donors (Lipinski definition) is 0. The van der Waals surface area contributed by atoms with Crippen molar-refractivity contribution in [1.29, 1.82) is 0 Å². The fourth-order valence-electron chi connectivity index (χ4n) is 2.53. The molecule has 2 aliphatic heterocycles. The molecule has 1 fully saturated rings. The lowest BCUT2D eigenvalue weighted by molar-refractivity contribution is -0.134. The Morgan fingerprint density at radius 3 is 2.62 bits per heavy atom. The van der Waals surface area contributed by atoms with E-state index in [9.17, 15) is 9.59 Å². The summed E-state index contributed by atoms with van der Waals surface area (Å²) in [5.41, 5.74) is 0.352. The van der Waals surface area contributed by atoms with Gasteiger partial charge in [-0.25, -0.2) is 0 Å². The average molecular weight is 291 g/mol. The van der Waals surface area contributed by atoms with Gasteiger partial charge in [-0.15, -0.1) is 0 Å². The molecule has 0 unspecified atom stereocenters. The largest absolute Gasteiger partial charge is 0.483 e. The Morgan fingerprint density at radius 1 is 1.19 bits per heavy atom. The van der Waals surface area contributed by atoms with Crippen LogP contribution in [0.25, 0.3) is 0 Å². The van der Waals surface area contributed by atoms with Gasteiger partial charge in [0.25, 0.3) is 5.91 Å². The molecule has 0 aromatic heterocycles. The van der Waals surface area contributed by atoms with Crippen molar-refractivity contribution >= 4 is 12.2 Å². The first-order chi connectivity index (χ1) is 10.3. The summed E-state index contributed by atoms with van der Waals surface area (Å²) in [6.45, 7) is 1.62. The minimum atomic E-state index is -0.0690. The van der Waals surface area contributed by atoms with E-state index in [0.29, 0.717) is 29.1 Å². The molecule has 2 aliphatic rings. The zero-order chi connectivity index (χ0) is 14.7. The topological polar surface area (TPSA) is 65.1 Å². The van der Waals surface area contributed by atoms with E-state index in [-0.39, 0.29) is 19.3 Å². The van der Waals surface area contributed by atoms with Crippen molar-refractivity contribution < 1.29 is 23.8 Å². The van der Waals surface area contributed by atoms with E-state index in [2.05, 4.69) is 0 Å². The van der Waals surface area contributed by atoms with E-state index in [1.54, 1.807) is 17.0 Å². The van der Waals surface area contributed by atoms with Crippen molar-refractivity contribution in [3.63, 3.8) is 0 Å². The van der Waals surface area contributed by atoms with Gasteiger partial charge in [0.15, 0.2) is 24.4 Å². The zero-order valence-electron chi connectivity index (χ0n) is 11.7. The lowest BCUT2D eigenvalue weighted by Crippen LogP contribution is -2.38. The summed E-state index contributed by atoms with van der Waals surface area (Å²) >= 11 is 0. The number of carbonyl (C=O) groups is 2. The van der Waals surface area contributed by atoms with Gasteiger partial charge < -0.3 is 19.1 Å². The summed E-state index contributed by atoms with van der Waals surface area (Å²) in [5.74, 6) is 1.34. The molecule has 3 rings (SSSR count). The molecule has 112 valence electrons. The molecule has 0 radical (unpaired) electrons. The van der Waals surface area contributed by atoms with Crippen LogP contribution in [0, 0.1) is 0 Å². The predicted octanol–water partition coefficient (Wildman–Crippen LogP) is 1.62. The Morgan fingerprint density at radius 2 is 1.90 bits per heavy atom. The van der Waals surface area contributed by atoms with E-state index < -0.39 is 0 Å². The van der Waals surface area contributed by atoms with Crippen molar-refractivity contribution in [1.82, 2.24) is 4.90 Å². The minimum absolute atomic E-state index is 0.0517. The molecule has 1 aromatic carbocycles. The van der Waals surface area contributed by atoms with Gasteiger partial charge in [-0.3, -0.25) is 9.59 Å². The molecule has 0 N–H and O–H groups in total. The van der Waals surface area contributed by atoms with Crippen LogP contribution in [0.3, 0.4) is 0 Å². The summed E-state index contributed by atoms with van der Waals surface area (Å²) in [6.07, 6.45) is 3.93. The fourth-order valence-corrected chi connectivity index (χ4v) is 2.53. The second-order valence-electron chi connectivity index (χ2n) is 5.09. The van der Waals surface area contributed by atoms with Gasteiger partial charge in [0.1, 0.15) is 5.75 Å². The number of rotatable bonds is 4. The standard InChI is InChI=1S/C15H17NO5/c17-8-11-6-13-14(21-10-20-13)7-12(11)19-9-15(18)16-4-2-1-3-5-16/h6-8H,1-5,9-10H2. The maximum Gasteiger partial charge on any atom is 0.260 e. The lowest BCUT2D eigenvalue weighted by Gasteiger charge is -2.26. The SMILES string of the molecule is O=Cc1cc2c(cc1OCC(=O)N1CCCCC1)OCO2. The van der Waals surface area contributed by atoms with Crippen LogP contribution in [0.2, 0.25) is 0 Å². The number of benzene rings is 1. The number of fused-ring (bicyclic) bond motifs is 1. The first-order valence-electron chi connectivity index (χ1n) is 7.07. The quantitative estimate of drug-likeness (QED) is 0.789. The van der Waals surface area contributed by atoms with Crippen LogP contribution in [-0.4, -0.2) is 43.6 Å². The summed E-state index contributed by atoms with van der Waals surface area (Å²) in [6, 6.07) is 3.16. The lowest BCUT2D eigenvalue weighted by atomic mass is 10.1. The highest BCUT2D eigenvalue weighted by atomic mass is 16.7. The van der Waals surface area contributed by atoms with Gasteiger partial charge >= 0.3 is 0 Å². The number of carbonyl (C=O) groups excluding carboxylic acids is 2. The molecular formula is C15H17NO5. The third-order valence-corrected chi connectivity index (χ3v) is 3.69. The Balaban J connectivity index is 1.67. The molecule has 0 bridgehead atoms. The van der Waals surface area contributed by atoms with Crippen LogP contribution >= 0.6 is 0 Å². The maximum absolute atomic E-state index is 12.1. The summed E-state index contributed by atoms with van der Waals surface area (Å²) in [7, 11) is 0. The number of ether oxygens (including phenoxy) is 3. The first kappa shape index (κ1) is 13.7. The van der Waals surface area contributed by atoms with Gasteiger partial charge in [-0.05, 0) is 25.3 Å². The molecule has 6 nitrogen and oxygen atoms in total. The number of piperidine rings is 1. The molecule has 0 saturated carbocycles. The van der Waals surface area contributed by atoms with Crippen LogP contribution in [0.5, 0.6) is 17.2 Å². The average Bonchev–Trinajstić information content (AvgIpc) is 2.99. The Labute approximate surface area is 122 Å². The van der Waals surface area contributed by atoms with Crippen LogP contribution in [0.15, 0.2) is 12.1 Å². The molecular weight excluding hydrogens is 274 g/mol. The fraction of sp³-hybridized carbons (Fsp3) is 0.467. The van der Waals surface area contributed by atoms with E-state index in [1.807, 2.05) is 0 Å².